The highest BCUT2D eigenvalue weighted by Gasteiger charge is 2.44. The summed E-state index contributed by atoms with van der Waals surface area (Å²) in [5.74, 6) is -0.872. The lowest BCUT2D eigenvalue weighted by atomic mass is 9.95. The average molecular weight is 539 g/mol. The molecule has 1 saturated heterocycles. The maximum atomic E-state index is 13.8. The van der Waals surface area contributed by atoms with Gasteiger partial charge in [-0.3, -0.25) is 14.5 Å². The Labute approximate surface area is 232 Å². The molecular formula is C32H30N2O6. The summed E-state index contributed by atoms with van der Waals surface area (Å²) >= 11 is 0. The van der Waals surface area contributed by atoms with E-state index in [4.69, 9.17) is 13.9 Å². The van der Waals surface area contributed by atoms with Crippen LogP contribution in [0.2, 0.25) is 0 Å². The van der Waals surface area contributed by atoms with Crippen molar-refractivity contribution >= 4 is 22.7 Å². The summed E-state index contributed by atoms with van der Waals surface area (Å²) in [6, 6.07) is 25.4. The molecule has 40 heavy (non-hydrogen) atoms. The number of aliphatic hydroxyl groups is 1. The molecule has 0 saturated carbocycles. The highest BCUT2D eigenvalue weighted by Crippen LogP contribution is 2.40. The normalized spacial score (nSPS) is 18.1. The van der Waals surface area contributed by atoms with Crippen molar-refractivity contribution in [1.29, 1.82) is 0 Å². The number of amides is 1. The van der Waals surface area contributed by atoms with Crippen LogP contribution in [0.25, 0.3) is 11.0 Å². The number of carbonyl (C=O) groups excluding carboxylic acids is 2. The lowest BCUT2D eigenvalue weighted by Crippen LogP contribution is -2.43. The van der Waals surface area contributed by atoms with Crippen molar-refractivity contribution in [2.24, 2.45) is 0 Å². The summed E-state index contributed by atoms with van der Waals surface area (Å²) in [7, 11) is 0. The van der Waals surface area contributed by atoms with E-state index in [-0.39, 0.29) is 11.3 Å². The first-order chi connectivity index (χ1) is 19.6. The number of para-hydroxylation sites is 1. The number of morpholine rings is 1. The minimum atomic E-state index is -0.766. The molecule has 8 nitrogen and oxygen atoms in total. The average Bonchev–Trinajstić information content (AvgIpc) is 3.55. The van der Waals surface area contributed by atoms with E-state index in [0.29, 0.717) is 49.8 Å². The zero-order chi connectivity index (χ0) is 27.5. The third kappa shape index (κ3) is 5.23. The molecule has 8 heteroatoms. The first kappa shape index (κ1) is 25.9. The van der Waals surface area contributed by atoms with Gasteiger partial charge in [0, 0.05) is 31.6 Å². The van der Waals surface area contributed by atoms with Gasteiger partial charge in [0.05, 0.1) is 24.8 Å². The quantitative estimate of drug-likeness (QED) is 0.302. The first-order valence-electron chi connectivity index (χ1n) is 13.4. The predicted octanol–water partition coefficient (Wildman–Crippen LogP) is 4.92. The summed E-state index contributed by atoms with van der Waals surface area (Å²) in [4.78, 5) is 30.9. The van der Waals surface area contributed by atoms with Gasteiger partial charge in [-0.2, -0.15) is 0 Å². The molecule has 1 fully saturated rings. The van der Waals surface area contributed by atoms with Crippen LogP contribution in [0.15, 0.2) is 101 Å². The minimum absolute atomic E-state index is 0.0176. The van der Waals surface area contributed by atoms with Crippen LogP contribution in [0.5, 0.6) is 5.75 Å². The summed E-state index contributed by atoms with van der Waals surface area (Å²) in [6.07, 6.45) is 0. The number of ketones is 1. The third-order valence-electron chi connectivity index (χ3n) is 7.40. The molecule has 0 radical (unpaired) electrons. The monoisotopic (exact) mass is 538 g/mol. The van der Waals surface area contributed by atoms with Crippen LogP contribution in [-0.4, -0.2) is 66.0 Å². The zero-order valence-electron chi connectivity index (χ0n) is 22.0. The molecule has 4 aromatic rings. The van der Waals surface area contributed by atoms with Gasteiger partial charge in [0.1, 0.15) is 17.9 Å². The van der Waals surface area contributed by atoms with E-state index in [2.05, 4.69) is 4.90 Å². The SMILES string of the molecule is O=C(C1=C(O)C(=O)N(CCN2CCOCC2)C1c1ccc(OCc2ccccc2)cc1)c1cc2ccccc2o1. The number of hydrogen-bond acceptors (Lipinski definition) is 7. The van der Waals surface area contributed by atoms with E-state index in [1.165, 1.54) is 0 Å². The van der Waals surface area contributed by atoms with Gasteiger partial charge in [-0.1, -0.05) is 60.7 Å². The van der Waals surface area contributed by atoms with E-state index in [1.54, 1.807) is 17.0 Å². The van der Waals surface area contributed by atoms with Gasteiger partial charge in [-0.15, -0.1) is 0 Å². The molecule has 1 unspecified atom stereocenters. The second-order valence-electron chi connectivity index (χ2n) is 9.94. The lowest BCUT2D eigenvalue weighted by molar-refractivity contribution is -0.129. The first-order valence-corrected chi connectivity index (χ1v) is 13.4. The zero-order valence-corrected chi connectivity index (χ0v) is 22.0. The van der Waals surface area contributed by atoms with Gasteiger partial charge in [0.2, 0.25) is 5.78 Å². The van der Waals surface area contributed by atoms with Crippen LogP contribution in [0.1, 0.15) is 27.7 Å². The number of furan rings is 1. The maximum Gasteiger partial charge on any atom is 0.290 e. The molecule has 0 aliphatic carbocycles. The number of nitrogens with zero attached hydrogens (tertiary/aromatic N) is 2. The maximum absolute atomic E-state index is 13.8. The molecule has 204 valence electrons. The molecule has 1 amide bonds. The predicted molar refractivity (Wildman–Crippen MR) is 149 cm³/mol. The lowest BCUT2D eigenvalue weighted by Gasteiger charge is -2.31. The Balaban J connectivity index is 1.29. The van der Waals surface area contributed by atoms with Crippen molar-refractivity contribution in [3.8, 4) is 5.75 Å². The van der Waals surface area contributed by atoms with Crippen molar-refractivity contribution in [3.63, 3.8) is 0 Å². The molecular weight excluding hydrogens is 508 g/mol. The fourth-order valence-corrected chi connectivity index (χ4v) is 5.25. The van der Waals surface area contributed by atoms with E-state index in [1.807, 2.05) is 72.8 Å². The number of benzene rings is 3. The summed E-state index contributed by atoms with van der Waals surface area (Å²) in [6.45, 7) is 4.18. The van der Waals surface area contributed by atoms with Crippen molar-refractivity contribution in [3.05, 3.63) is 113 Å². The molecule has 2 aliphatic heterocycles. The molecule has 1 atom stereocenters. The Kier molecular flexibility index (Phi) is 7.35. The highest BCUT2D eigenvalue weighted by molar-refractivity contribution is 6.16. The van der Waals surface area contributed by atoms with E-state index >= 15 is 0 Å². The Morgan fingerprint density at radius 1 is 0.925 bits per heavy atom. The second-order valence-corrected chi connectivity index (χ2v) is 9.94. The number of Topliss-reactive ketones (excluding diaryl/α,β-unsaturated/α-hetero) is 1. The summed E-state index contributed by atoms with van der Waals surface area (Å²) < 4.78 is 17.2. The molecule has 1 aromatic heterocycles. The molecule has 2 aliphatic rings. The van der Waals surface area contributed by atoms with Gasteiger partial charge >= 0.3 is 0 Å². The van der Waals surface area contributed by atoms with Crippen LogP contribution in [-0.2, 0) is 16.1 Å². The topological polar surface area (TPSA) is 92.5 Å². The van der Waals surface area contributed by atoms with Gasteiger partial charge in [0.15, 0.2) is 11.5 Å². The molecule has 0 bridgehead atoms. The minimum Gasteiger partial charge on any atom is -0.503 e. The van der Waals surface area contributed by atoms with Crippen LogP contribution < -0.4 is 4.74 Å². The Hall–Kier alpha value is -4.40. The van der Waals surface area contributed by atoms with Crippen LogP contribution in [0.3, 0.4) is 0 Å². The number of hydrogen-bond donors (Lipinski definition) is 1. The smallest absolute Gasteiger partial charge is 0.290 e. The molecule has 3 heterocycles. The summed E-state index contributed by atoms with van der Waals surface area (Å²) in [5, 5.41) is 11.8. The fraction of sp³-hybridized carbons (Fsp3) is 0.250. The Morgan fingerprint density at radius 3 is 2.40 bits per heavy atom. The van der Waals surface area contributed by atoms with Crippen LogP contribution >= 0.6 is 0 Å². The van der Waals surface area contributed by atoms with Gasteiger partial charge in [0.25, 0.3) is 5.91 Å². The van der Waals surface area contributed by atoms with Crippen molar-refractivity contribution in [2.75, 3.05) is 39.4 Å². The number of ether oxygens (including phenoxy) is 2. The van der Waals surface area contributed by atoms with Crippen LogP contribution in [0.4, 0.5) is 0 Å². The molecule has 3 aromatic carbocycles. The van der Waals surface area contributed by atoms with Crippen molar-refractivity contribution < 1.29 is 28.6 Å². The number of carbonyl (C=O) groups is 2. The summed E-state index contributed by atoms with van der Waals surface area (Å²) in [5.41, 5.74) is 2.33. The molecule has 1 N–H and O–H groups in total. The molecule has 0 spiro atoms. The van der Waals surface area contributed by atoms with Crippen molar-refractivity contribution in [1.82, 2.24) is 9.80 Å². The van der Waals surface area contributed by atoms with Gasteiger partial charge in [-0.25, -0.2) is 0 Å². The number of aliphatic hydroxyl groups excluding tert-OH is 1. The second kappa shape index (κ2) is 11.4. The van der Waals surface area contributed by atoms with Crippen LogP contribution in [0, 0.1) is 0 Å². The number of rotatable bonds is 9. The Bertz CT molecular complexity index is 1500. The van der Waals surface area contributed by atoms with E-state index in [0.717, 1.165) is 24.0 Å². The number of fused-ring (bicyclic) bond motifs is 1. The van der Waals surface area contributed by atoms with Gasteiger partial charge < -0.3 is 23.9 Å². The largest absolute Gasteiger partial charge is 0.503 e. The molecule has 6 rings (SSSR count). The van der Waals surface area contributed by atoms with Crippen molar-refractivity contribution in [2.45, 2.75) is 12.6 Å². The van der Waals surface area contributed by atoms with E-state index in [9.17, 15) is 14.7 Å². The Morgan fingerprint density at radius 2 is 1.65 bits per heavy atom. The standard InChI is InChI=1S/C32H30N2O6/c35-30(27-20-24-8-4-5-9-26(24)40-27)28-29(34(32(37)31(28)36)15-14-33-16-18-38-19-17-33)23-10-12-25(13-11-23)39-21-22-6-2-1-3-7-22/h1-13,20,29,36H,14-19,21H2. The van der Waals surface area contributed by atoms with Gasteiger partial charge in [-0.05, 0) is 35.4 Å². The van der Waals surface area contributed by atoms with E-state index < -0.39 is 23.5 Å². The highest BCUT2D eigenvalue weighted by atomic mass is 16.5. The fourth-order valence-electron chi connectivity index (χ4n) is 5.25. The third-order valence-corrected chi connectivity index (χ3v) is 7.40.